The molecule has 38 heavy (non-hydrogen) atoms. The predicted octanol–water partition coefficient (Wildman–Crippen LogP) is 5.12. The standard InChI is InChI=1S/C26H23F3N4O4S/c27-26(28,29)20-21(16-5-2-1-3-6-16)33-38-22(20)24-31-23(32-37-24)17-10-8-15(9-11-17)19(34)14-36-25(35)18-7-4-12-30-13-18/h1-3,5-6,8-11,18-19,30,34H,4,7,12-14H2. The number of aliphatic hydroxyl groups is 1. The summed E-state index contributed by atoms with van der Waals surface area (Å²) >= 11 is 0.639. The lowest BCUT2D eigenvalue weighted by atomic mass is 10.00. The molecule has 0 spiro atoms. The van der Waals surface area contributed by atoms with E-state index < -0.39 is 17.8 Å². The van der Waals surface area contributed by atoms with Crippen molar-refractivity contribution in [3.63, 3.8) is 0 Å². The first-order valence-electron chi connectivity index (χ1n) is 11.9. The van der Waals surface area contributed by atoms with E-state index in [0.29, 0.717) is 34.8 Å². The zero-order chi connectivity index (χ0) is 26.7. The molecule has 2 aromatic carbocycles. The number of carbonyl (C=O) groups is 1. The van der Waals surface area contributed by atoms with Crippen LogP contribution in [0.3, 0.4) is 0 Å². The fraction of sp³-hybridized carbons (Fsp3) is 0.308. The van der Waals surface area contributed by atoms with Crippen molar-refractivity contribution in [2.24, 2.45) is 5.92 Å². The molecular formula is C26H23F3N4O4S. The Labute approximate surface area is 219 Å². The molecule has 3 heterocycles. The highest BCUT2D eigenvalue weighted by atomic mass is 32.1. The number of aromatic nitrogens is 3. The number of aliphatic hydroxyl groups excluding tert-OH is 1. The molecule has 1 fully saturated rings. The summed E-state index contributed by atoms with van der Waals surface area (Å²) in [6.07, 6.45) is -4.07. The number of rotatable bonds is 7. The van der Waals surface area contributed by atoms with Crippen molar-refractivity contribution >= 4 is 17.5 Å². The van der Waals surface area contributed by atoms with Crippen molar-refractivity contribution in [1.82, 2.24) is 19.8 Å². The lowest BCUT2D eigenvalue weighted by molar-refractivity contribution is -0.152. The Balaban J connectivity index is 1.30. The average Bonchev–Trinajstić information content (AvgIpc) is 3.60. The van der Waals surface area contributed by atoms with Gasteiger partial charge < -0.3 is 19.7 Å². The summed E-state index contributed by atoms with van der Waals surface area (Å²) in [5.41, 5.74) is 0.179. The summed E-state index contributed by atoms with van der Waals surface area (Å²) in [5.74, 6) is -0.768. The van der Waals surface area contributed by atoms with Gasteiger partial charge in [-0.2, -0.15) is 22.5 Å². The van der Waals surface area contributed by atoms with E-state index in [1.54, 1.807) is 54.6 Å². The third-order valence-corrected chi connectivity index (χ3v) is 7.05. The van der Waals surface area contributed by atoms with Gasteiger partial charge in [0.2, 0.25) is 5.82 Å². The van der Waals surface area contributed by atoms with Crippen LogP contribution in [0, 0.1) is 5.92 Å². The number of piperidine rings is 1. The van der Waals surface area contributed by atoms with Crippen molar-refractivity contribution in [2.45, 2.75) is 25.1 Å². The molecule has 12 heteroatoms. The van der Waals surface area contributed by atoms with Crippen LogP contribution >= 0.6 is 11.5 Å². The van der Waals surface area contributed by atoms with Crippen LogP contribution in [0.25, 0.3) is 33.4 Å². The Morgan fingerprint density at radius 1 is 1.16 bits per heavy atom. The van der Waals surface area contributed by atoms with Crippen molar-refractivity contribution < 1.29 is 32.3 Å². The molecule has 198 valence electrons. The summed E-state index contributed by atoms with van der Waals surface area (Å²) in [5, 5.41) is 17.4. The first kappa shape index (κ1) is 26.0. The van der Waals surface area contributed by atoms with Gasteiger partial charge in [-0.25, -0.2) is 0 Å². The Morgan fingerprint density at radius 3 is 2.61 bits per heavy atom. The summed E-state index contributed by atoms with van der Waals surface area (Å²) in [7, 11) is 0. The first-order chi connectivity index (χ1) is 18.3. The van der Waals surface area contributed by atoms with Crippen molar-refractivity contribution in [1.29, 1.82) is 0 Å². The number of carbonyl (C=O) groups excluding carboxylic acids is 1. The van der Waals surface area contributed by atoms with Gasteiger partial charge in [0.05, 0.1) is 11.6 Å². The van der Waals surface area contributed by atoms with E-state index in [-0.39, 0.29) is 40.8 Å². The highest BCUT2D eigenvalue weighted by Crippen LogP contribution is 2.45. The molecule has 1 aliphatic rings. The molecule has 0 amide bonds. The molecule has 2 aromatic heterocycles. The number of nitrogens with zero attached hydrogens (tertiary/aromatic N) is 3. The van der Waals surface area contributed by atoms with Crippen LogP contribution in [0.2, 0.25) is 0 Å². The van der Waals surface area contributed by atoms with Gasteiger partial charge in [0.25, 0.3) is 5.89 Å². The van der Waals surface area contributed by atoms with Gasteiger partial charge >= 0.3 is 12.1 Å². The molecule has 2 N–H and O–H groups in total. The van der Waals surface area contributed by atoms with Crippen LogP contribution in [-0.2, 0) is 15.7 Å². The second kappa shape index (κ2) is 11.0. The fourth-order valence-corrected chi connectivity index (χ4v) is 5.05. The van der Waals surface area contributed by atoms with Gasteiger partial charge in [0.1, 0.15) is 23.2 Å². The second-order valence-electron chi connectivity index (χ2n) is 8.83. The molecule has 1 saturated heterocycles. The van der Waals surface area contributed by atoms with E-state index in [1.807, 2.05) is 0 Å². The van der Waals surface area contributed by atoms with Crippen LogP contribution < -0.4 is 5.32 Å². The minimum Gasteiger partial charge on any atom is -0.462 e. The maximum atomic E-state index is 14.0. The molecule has 0 saturated carbocycles. The normalized spacial score (nSPS) is 16.8. The maximum absolute atomic E-state index is 14.0. The van der Waals surface area contributed by atoms with Crippen LogP contribution in [0.15, 0.2) is 59.1 Å². The Morgan fingerprint density at radius 2 is 1.92 bits per heavy atom. The Hall–Kier alpha value is -3.61. The van der Waals surface area contributed by atoms with E-state index in [1.165, 1.54) is 0 Å². The van der Waals surface area contributed by atoms with Crippen LogP contribution in [0.5, 0.6) is 0 Å². The highest BCUT2D eigenvalue weighted by molar-refractivity contribution is 7.10. The van der Waals surface area contributed by atoms with Gasteiger partial charge in [-0.1, -0.05) is 59.8 Å². The largest absolute Gasteiger partial charge is 0.462 e. The molecule has 1 aliphatic heterocycles. The van der Waals surface area contributed by atoms with E-state index in [0.717, 1.165) is 19.4 Å². The molecule has 0 aliphatic carbocycles. The zero-order valence-electron chi connectivity index (χ0n) is 19.9. The maximum Gasteiger partial charge on any atom is 0.420 e. The van der Waals surface area contributed by atoms with Crippen LogP contribution in [0.1, 0.15) is 30.1 Å². The number of esters is 1. The lowest BCUT2D eigenvalue weighted by Gasteiger charge is -2.22. The summed E-state index contributed by atoms with van der Waals surface area (Å²) in [6, 6.07) is 14.5. The number of hydrogen-bond donors (Lipinski definition) is 2. The van der Waals surface area contributed by atoms with E-state index >= 15 is 0 Å². The van der Waals surface area contributed by atoms with Crippen LogP contribution in [-0.4, -0.2) is 45.3 Å². The number of halogens is 3. The fourth-order valence-electron chi connectivity index (χ4n) is 4.21. The molecule has 0 bridgehead atoms. The quantitative estimate of drug-likeness (QED) is 0.309. The van der Waals surface area contributed by atoms with Gasteiger partial charge in [0.15, 0.2) is 0 Å². The topological polar surface area (TPSA) is 110 Å². The molecular weight excluding hydrogens is 521 g/mol. The number of hydrogen-bond acceptors (Lipinski definition) is 9. The van der Waals surface area contributed by atoms with Crippen molar-refractivity contribution in [2.75, 3.05) is 19.7 Å². The number of benzene rings is 2. The van der Waals surface area contributed by atoms with E-state index in [2.05, 4.69) is 19.8 Å². The third kappa shape index (κ3) is 5.62. The summed E-state index contributed by atoms with van der Waals surface area (Å²) in [4.78, 5) is 16.1. The van der Waals surface area contributed by atoms with Crippen LogP contribution in [0.4, 0.5) is 13.2 Å². The van der Waals surface area contributed by atoms with E-state index in [9.17, 15) is 23.1 Å². The molecule has 0 radical (unpaired) electrons. The lowest BCUT2D eigenvalue weighted by Crippen LogP contribution is -2.35. The molecule has 2 atom stereocenters. The zero-order valence-corrected chi connectivity index (χ0v) is 20.8. The third-order valence-electron chi connectivity index (χ3n) is 6.21. The summed E-state index contributed by atoms with van der Waals surface area (Å²) in [6.45, 7) is 1.26. The minimum atomic E-state index is -4.68. The van der Waals surface area contributed by atoms with Gasteiger partial charge in [0, 0.05) is 17.7 Å². The average molecular weight is 545 g/mol. The van der Waals surface area contributed by atoms with Gasteiger partial charge in [-0.05, 0) is 36.5 Å². The Bertz CT molecular complexity index is 1380. The second-order valence-corrected chi connectivity index (χ2v) is 9.61. The van der Waals surface area contributed by atoms with Gasteiger partial charge in [-0.15, -0.1) is 0 Å². The monoisotopic (exact) mass is 544 g/mol. The SMILES string of the molecule is O=C(OCC(O)c1ccc(-c2noc(-c3snc(-c4ccccc4)c3C(F)(F)F)n2)cc1)C1CCCNC1. The predicted molar refractivity (Wildman–Crippen MR) is 133 cm³/mol. The highest BCUT2D eigenvalue weighted by Gasteiger charge is 2.41. The van der Waals surface area contributed by atoms with Gasteiger partial charge in [-0.3, -0.25) is 4.79 Å². The smallest absolute Gasteiger partial charge is 0.420 e. The molecule has 2 unspecified atom stereocenters. The molecule has 5 rings (SSSR count). The van der Waals surface area contributed by atoms with Crippen molar-refractivity contribution in [3.05, 3.63) is 65.7 Å². The van der Waals surface area contributed by atoms with Crippen molar-refractivity contribution in [3.8, 4) is 33.4 Å². The molecule has 8 nitrogen and oxygen atoms in total. The first-order valence-corrected chi connectivity index (χ1v) is 12.7. The molecule has 4 aromatic rings. The number of ether oxygens (including phenoxy) is 1. The number of nitrogens with one attached hydrogen (secondary N) is 1. The Kier molecular flexibility index (Phi) is 7.54. The summed E-state index contributed by atoms with van der Waals surface area (Å²) < 4.78 is 56.5. The number of alkyl halides is 3. The van der Waals surface area contributed by atoms with E-state index in [4.69, 9.17) is 9.26 Å². The minimum absolute atomic E-state index is 0.0834.